The van der Waals surface area contributed by atoms with Gasteiger partial charge in [-0.3, -0.25) is 0 Å². The Labute approximate surface area is 671 Å². The fraction of sp³-hybridized carbons (Fsp3) is 0.348. The number of halogens is 6. The van der Waals surface area contributed by atoms with Crippen molar-refractivity contribution in [2.75, 3.05) is 34.0 Å². The summed E-state index contributed by atoms with van der Waals surface area (Å²) >= 11 is 14.5. The quantitative estimate of drug-likeness (QED) is 0.0289. The van der Waals surface area contributed by atoms with E-state index in [1.54, 1.807) is 67.8 Å². The van der Waals surface area contributed by atoms with E-state index >= 15 is 0 Å². The van der Waals surface area contributed by atoms with Gasteiger partial charge in [-0.25, -0.2) is 17.6 Å². The third-order valence-electron chi connectivity index (χ3n) is 21.0. The smallest absolute Gasteiger partial charge is 0.272 e. The van der Waals surface area contributed by atoms with Crippen LogP contribution in [0.4, 0.5) is 17.6 Å². The molecule has 2 heterocycles. The predicted octanol–water partition coefficient (Wildman–Crippen LogP) is 19.4. The summed E-state index contributed by atoms with van der Waals surface area (Å²) < 4.78 is 145. The van der Waals surface area contributed by atoms with E-state index in [2.05, 4.69) is 26.9 Å². The van der Waals surface area contributed by atoms with Gasteiger partial charge in [0.25, 0.3) is 12.9 Å². The van der Waals surface area contributed by atoms with Gasteiger partial charge in [0.1, 0.15) is 79.6 Å². The topological polar surface area (TPSA) is 140 Å². The zero-order chi connectivity index (χ0) is 79.3. The van der Waals surface area contributed by atoms with Gasteiger partial charge in [0, 0.05) is 35.4 Å². The Balaban J connectivity index is 1.00. The molecule has 0 aromatic heterocycles. The fourth-order valence-corrected chi connectivity index (χ4v) is 15.6. The van der Waals surface area contributed by atoms with Gasteiger partial charge in [-0.05, 0) is 122 Å². The summed E-state index contributed by atoms with van der Waals surface area (Å²) in [5, 5.41) is 14.5. The van der Waals surface area contributed by atoms with Gasteiger partial charge in [0.2, 0.25) is 11.6 Å². The number of methoxy groups -OCH3 is 2. The van der Waals surface area contributed by atoms with Crippen molar-refractivity contribution in [2.24, 2.45) is 0 Å². The van der Waals surface area contributed by atoms with Crippen molar-refractivity contribution in [2.45, 2.75) is 170 Å². The van der Waals surface area contributed by atoms with Crippen LogP contribution in [-0.4, -0.2) is 122 Å². The van der Waals surface area contributed by atoms with E-state index in [0.29, 0.717) is 44.5 Å². The Morgan fingerprint density at radius 3 is 1.09 bits per heavy atom. The zero-order valence-corrected chi connectivity index (χ0v) is 66.6. The van der Waals surface area contributed by atoms with Gasteiger partial charge in [-0.1, -0.05) is 269 Å². The molecule has 0 amide bonds. The minimum atomic E-state index is -2.65. The highest BCUT2D eigenvalue weighted by atomic mass is 35.5. The second-order valence-electron chi connectivity index (χ2n) is 29.1. The summed E-state index contributed by atoms with van der Waals surface area (Å²) in [7, 11) is 1.56. The maximum atomic E-state index is 14.5. The van der Waals surface area contributed by atoms with Gasteiger partial charge in [0.15, 0.2) is 0 Å². The molecule has 113 heavy (non-hydrogen) atoms. The van der Waals surface area contributed by atoms with E-state index in [1.807, 2.05) is 206 Å². The lowest BCUT2D eigenvalue weighted by Crippen LogP contribution is -2.69. The molecule has 14 nitrogen and oxygen atoms in total. The van der Waals surface area contributed by atoms with Gasteiger partial charge >= 0.3 is 0 Å². The molecule has 595 valence electrons. The molecule has 0 spiro atoms. The summed E-state index contributed by atoms with van der Waals surface area (Å²) in [6.07, 6.45) is -16.6. The number of aliphatic hydroxyl groups excluding tert-OH is 1. The van der Waals surface area contributed by atoms with Crippen LogP contribution >= 0.6 is 23.2 Å². The first-order chi connectivity index (χ1) is 54.8. The molecule has 2 aliphatic heterocycles. The highest BCUT2D eigenvalue weighted by Gasteiger charge is 2.63. The summed E-state index contributed by atoms with van der Waals surface area (Å²) in [6, 6.07) is 83.4. The average Bonchev–Trinajstić information content (AvgIpc) is 0.741. The van der Waals surface area contributed by atoms with Crippen LogP contribution in [0.1, 0.15) is 80.6 Å². The van der Waals surface area contributed by atoms with Gasteiger partial charge in [-0.2, -0.15) is 0 Å². The first-order valence-electron chi connectivity index (χ1n) is 37.9. The second kappa shape index (κ2) is 40.4. The fourth-order valence-electron chi connectivity index (χ4n) is 14.5. The van der Waals surface area contributed by atoms with E-state index in [1.165, 1.54) is 7.11 Å². The molecule has 2 unspecified atom stereocenters. The molecule has 1 radical (unpaired) electrons. The molecule has 10 aromatic rings. The number of hydrogen-bond acceptors (Lipinski definition) is 14. The highest BCUT2D eigenvalue weighted by molar-refractivity contribution is 6.59. The van der Waals surface area contributed by atoms with Crippen LogP contribution in [0.25, 0.3) is 0 Å². The first kappa shape index (κ1) is 84.2. The number of benzene rings is 10. The Kier molecular flexibility index (Phi) is 30.1. The summed E-state index contributed by atoms with van der Waals surface area (Å²) in [4.78, 5) is 0. The van der Waals surface area contributed by atoms with Crippen molar-refractivity contribution < 1.29 is 84.2 Å². The predicted molar refractivity (Wildman–Crippen MR) is 429 cm³/mol. The average molecular weight is 1600 g/mol. The third kappa shape index (κ3) is 21.7. The normalized spacial score (nSPS) is 21.8. The van der Waals surface area contributed by atoms with Crippen LogP contribution < -0.4 is 9.47 Å². The lowest BCUT2D eigenvalue weighted by atomic mass is 9.82. The number of alkyl halides is 4. The Bertz CT molecular complexity index is 4500. The highest BCUT2D eigenvalue weighted by Crippen LogP contribution is 2.50. The minimum Gasteiger partial charge on any atom is -0.488 e. The summed E-state index contributed by atoms with van der Waals surface area (Å²) in [5.74, 6) is -3.23. The third-order valence-corrected chi connectivity index (χ3v) is 24.6. The molecule has 12 atom stereocenters. The van der Waals surface area contributed by atoms with E-state index in [-0.39, 0.29) is 58.4 Å². The van der Waals surface area contributed by atoms with Crippen molar-refractivity contribution in [3.63, 3.8) is 0 Å². The molecule has 12 rings (SSSR count). The van der Waals surface area contributed by atoms with Crippen molar-refractivity contribution in [1.29, 1.82) is 0 Å². The largest absolute Gasteiger partial charge is 0.488 e. The monoisotopic (exact) mass is 1600 g/mol. The molecule has 10 aromatic carbocycles. The minimum absolute atomic E-state index is 0.0435. The van der Waals surface area contributed by atoms with Crippen LogP contribution in [-0.2, 0) is 116 Å². The Morgan fingerprint density at radius 2 is 0.743 bits per heavy atom. The van der Waals surface area contributed by atoms with Crippen LogP contribution in [0.3, 0.4) is 0 Å². The van der Waals surface area contributed by atoms with Gasteiger partial charge in [0.05, 0.1) is 61.1 Å². The molecule has 2 fully saturated rings. The molecule has 2 saturated heterocycles. The molecule has 21 heteroatoms. The second-order valence-corrected chi connectivity index (χ2v) is 33.2. The van der Waals surface area contributed by atoms with E-state index in [0.717, 1.165) is 44.5 Å². The van der Waals surface area contributed by atoms with Crippen LogP contribution in [0.15, 0.2) is 267 Å². The molecule has 0 bridgehead atoms. The lowest BCUT2D eigenvalue weighted by Gasteiger charge is -2.55. The van der Waals surface area contributed by atoms with Crippen LogP contribution in [0.2, 0.25) is 28.2 Å². The van der Waals surface area contributed by atoms with Crippen molar-refractivity contribution in [1.82, 2.24) is 0 Å². The molecule has 0 aliphatic carbocycles. The summed E-state index contributed by atoms with van der Waals surface area (Å²) in [6.45, 7) is 7.19. The van der Waals surface area contributed by atoms with Crippen molar-refractivity contribution in [3.8, 4) is 11.5 Å². The lowest BCUT2D eigenvalue weighted by molar-refractivity contribution is -0.397. The van der Waals surface area contributed by atoms with Crippen molar-refractivity contribution in [3.05, 3.63) is 344 Å². The molecule has 0 saturated carbocycles. The van der Waals surface area contributed by atoms with Crippen LogP contribution in [0.5, 0.6) is 11.5 Å². The Morgan fingerprint density at radius 1 is 0.416 bits per heavy atom. The zero-order valence-electron chi connectivity index (χ0n) is 64.1. The first-order valence-corrected chi connectivity index (χ1v) is 41.2. The standard InChI is InChI=1S/C92H97Cl2F4O14Si/c1-90(2,113(5)6)87(81(99)83-84(105-54-65-27-15-8-16-28-65)86(107-56-67-31-19-10-20-32-67)89(109-58-69-35-23-12-24-36-69)92(101-4,112-83)73-42-48-77(94)71(52-73)50-63-39-45-75(46-40-63)103-61-80(97)98)110-59-78-82(104-53-64-25-13-7-14-26-64)85(106-55-66-29-17-9-18-30-66)88(108-57-68-33-21-11-22-34-68)91(100-3,111-78)72-41-47-76(93)70(51-72)49-62-37-43-74(44-38-62)102-60-79(95)96/h7-48,51-52,78-89,99H,49-50,53-61H2,1-6H3/t78-,81?,82-,83-,84-,85+,86+,87?,88-,89-,91+,92+/m1/s1. The molecule has 2 aliphatic rings. The Hall–Kier alpha value is -8.16. The van der Waals surface area contributed by atoms with Gasteiger partial charge < -0.3 is 66.7 Å². The SMILES string of the molecule is CO[C@@]1(c2ccc(Cl)c(Cc3ccc(OCC(F)F)cc3)c2)O[C@H](C(O)C(OC[C@H]2O[C@@](OC)(c3ccc(Cl)c(Cc4ccc(OCC(F)F)cc4)c3)[C@H](OCc3ccccc3)[C@@H](OCc3ccccc3)[C@@H]2OCc2ccccc2)C(C)(C)[Si](C)C)[C@@H](OCc2ccccc2)[C@H](OCc2ccccc2)[C@H]1OCc1ccccc1. The number of rotatable bonds is 39. The summed E-state index contributed by atoms with van der Waals surface area (Å²) in [5.41, 5.74) is 9.03. The molecule has 1 N–H and O–H groups in total. The van der Waals surface area contributed by atoms with E-state index < -0.39 is 113 Å². The molecular weight excluding hydrogens is 1500 g/mol. The van der Waals surface area contributed by atoms with E-state index in [4.69, 9.17) is 84.8 Å². The van der Waals surface area contributed by atoms with E-state index in [9.17, 15) is 22.7 Å². The van der Waals surface area contributed by atoms with Gasteiger partial charge in [-0.15, -0.1) is 0 Å². The number of hydrogen-bond donors (Lipinski definition) is 1. The molecular formula is C92H97Cl2F4O14Si. The maximum absolute atomic E-state index is 14.5. The maximum Gasteiger partial charge on any atom is 0.272 e. The van der Waals surface area contributed by atoms with Crippen molar-refractivity contribution >= 4 is 32.0 Å². The number of aliphatic hydroxyl groups is 1. The van der Waals surface area contributed by atoms with Crippen LogP contribution in [0, 0.1) is 0 Å². The number of ether oxygens (including phenoxy) is 13.